The molecule has 0 saturated carbocycles. The number of aromatic carboxylic acids is 4. The Morgan fingerprint density at radius 1 is 0.343 bits per heavy atom. The number of rotatable bonds is 30. The van der Waals surface area contributed by atoms with Crippen LogP contribution < -0.4 is 38.5 Å². The lowest BCUT2D eigenvalue weighted by Crippen LogP contribution is -2.19. The van der Waals surface area contributed by atoms with Gasteiger partial charge in [-0.25, -0.2) is 39.1 Å². The largest absolute Gasteiger partial charge is 0.493 e. The predicted molar refractivity (Wildman–Crippen MR) is 401 cm³/mol. The average molecular weight is 1400 g/mol. The van der Waals surface area contributed by atoms with Gasteiger partial charge in [0.05, 0.1) is 61.6 Å². The molecule has 0 unspecified atom stereocenters. The summed E-state index contributed by atoms with van der Waals surface area (Å²) in [6.07, 6.45) is 6.28. The second kappa shape index (κ2) is 39.5. The van der Waals surface area contributed by atoms with Crippen LogP contribution in [0.2, 0.25) is 0 Å². The number of carboxylic acids is 4. The molecule has 0 fully saturated rings. The second-order valence-corrected chi connectivity index (χ2v) is 26.5. The normalized spacial score (nSPS) is 11.0. The van der Waals surface area contributed by atoms with Gasteiger partial charge in [0.15, 0.2) is 23.0 Å². The zero-order chi connectivity index (χ0) is 75.7. The summed E-state index contributed by atoms with van der Waals surface area (Å²) in [5, 5.41) is 51.5. The number of benzene rings is 4. The molecule has 4 aromatic carbocycles. The summed E-state index contributed by atoms with van der Waals surface area (Å²) in [7, 11) is 0. The highest BCUT2D eigenvalue weighted by Crippen LogP contribution is 2.39. The molecule has 0 saturated heterocycles. The highest BCUT2D eigenvalue weighted by atomic mass is 16.5. The predicted octanol–water partition coefficient (Wildman–Crippen LogP) is 17.5. The zero-order valence-corrected chi connectivity index (χ0v) is 62.8. The molecule has 548 valence electrons. The molecule has 8 aromatic rings. The Labute approximate surface area is 601 Å². The van der Waals surface area contributed by atoms with Crippen LogP contribution in [0.25, 0.3) is 0 Å². The van der Waals surface area contributed by atoms with E-state index in [0.29, 0.717) is 86.5 Å². The van der Waals surface area contributed by atoms with Gasteiger partial charge in [-0.1, -0.05) is 107 Å². The lowest BCUT2D eigenvalue weighted by Gasteiger charge is -2.25. The smallest absolute Gasteiger partial charge is 0.373 e. The van der Waals surface area contributed by atoms with Crippen molar-refractivity contribution in [1.29, 1.82) is 0 Å². The Balaban J connectivity index is 0.000000245. The van der Waals surface area contributed by atoms with E-state index in [2.05, 4.69) is 148 Å². The zero-order valence-electron chi connectivity index (χ0n) is 62.8. The third kappa shape index (κ3) is 23.8. The van der Waals surface area contributed by atoms with E-state index in [0.717, 1.165) is 73.8 Å². The molecule has 0 aliphatic carbocycles. The molecular formula is C78H104N12O12. The maximum absolute atomic E-state index is 11.0. The summed E-state index contributed by atoms with van der Waals surface area (Å²) in [4.78, 5) is 67.4. The van der Waals surface area contributed by atoms with Crippen LogP contribution in [0.15, 0.2) is 122 Å². The maximum atomic E-state index is 11.0. The first-order chi connectivity index (χ1) is 48.3. The van der Waals surface area contributed by atoms with Gasteiger partial charge in [0, 0.05) is 73.2 Å². The Hall–Kier alpha value is -10.5. The van der Waals surface area contributed by atoms with E-state index in [1.807, 2.05) is 124 Å². The molecule has 0 radical (unpaired) electrons. The third-order valence-electron chi connectivity index (χ3n) is 15.4. The van der Waals surface area contributed by atoms with E-state index in [1.165, 1.54) is 42.5 Å². The van der Waals surface area contributed by atoms with E-state index in [4.69, 9.17) is 39.4 Å². The first-order valence-electron chi connectivity index (χ1n) is 34.8. The molecule has 8 rings (SSSR count). The lowest BCUT2D eigenvalue weighted by atomic mass is 10.0. The number of nitrogens with zero attached hydrogens (tertiary/aromatic N) is 12. The first-order valence-corrected chi connectivity index (χ1v) is 34.8. The van der Waals surface area contributed by atoms with Gasteiger partial charge >= 0.3 is 23.9 Å². The van der Waals surface area contributed by atoms with Crippen molar-refractivity contribution in [2.75, 3.05) is 59.0 Å². The topological polar surface area (TPSA) is 302 Å². The quantitative estimate of drug-likeness (QED) is 0.0325. The molecule has 24 nitrogen and oxygen atoms in total. The lowest BCUT2D eigenvalue weighted by molar-refractivity contribution is 0.0673. The molecule has 0 aliphatic heterocycles. The highest BCUT2D eigenvalue weighted by Gasteiger charge is 2.22. The van der Waals surface area contributed by atoms with Crippen LogP contribution >= 0.6 is 0 Å². The number of hydrogen-bond donors (Lipinski definition) is 4. The van der Waals surface area contributed by atoms with Gasteiger partial charge in [0.2, 0.25) is 11.6 Å². The summed E-state index contributed by atoms with van der Waals surface area (Å²) in [5.41, 5.74) is 9.77. The van der Waals surface area contributed by atoms with Crippen LogP contribution in [0, 0.1) is 11.8 Å². The first kappa shape index (κ1) is 82.1. The minimum atomic E-state index is -1.14. The van der Waals surface area contributed by atoms with Crippen LogP contribution in [0.4, 0.5) is 45.8 Å². The molecule has 24 heteroatoms. The summed E-state index contributed by atoms with van der Waals surface area (Å²) in [5.74, 6) is 2.13. The summed E-state index contributed by atoms with van der Waals surface area (Å²) < 4.78 is 24.1. The fourth-order valence-corrected chi connectivity index (χ4v) is 10.4. The van der Waals surface area contributed by atoms with Crippen molar-refractivity contribution < 1.29 is 58.6 Å². The SMILES string of the molecule is CCN(c1ccc(C(C)C)c(OC(C)C)c1)c1ccc(C(=O)O)nn1.CCN(c1ccc(C(C)C)c(OCC(C)C)c1)c1ccc(C(=O)O)nn1.CCN(c1cnc(C(=O)O)nc1)c1ccc(C(C)C)c(OC(C)C)c1.CCN(c1cnc(C(=O)O)nc1)c1ccc(C(C)C)c(OCC(C)C)c1. The summed E-state index contributed by atoms with van der Waals surface area (Å²) >= 11 is 0. The highest BCUT2D eigenvalue weighted by molar-refractivity contribution is 5.86. The van der Waals surface area contributed by atoms with Crippen molar-refractivity contribution in [2.45, 2.75) is 174 Å². The molecule has 102 heavy (non-hydrogen) atoms. The van der Waals surface area contributed by atoms with Gasteiger partial charge in [-0.15, -0.1) is 20.4 Å². The fraction of sp³-hybridized carbons (Fsp3) is 0.436. The van der Waals surface area contributed by atoms with E-state index < -0.39 is 23.9 Å². The third-order valence-corrected chi connectivity index (χ3v) is 15.4. The molecule has 4 N–H and O–H groups in total. The van der Waals surface area contributed by atoms with Crippen molar-refractivity contribution in [2.24, 2.45) is 11.8 Å². The maximum Gasteiger partial charge on any atom is 0.373 e. The van der Waals surface area contributed by atoms with Gasteiger partial charge in [0.1, 0.15) is 23.0 Å². The fourth-order valence-electron chi connectivity index (χ4n) is 10.4. The molecule has 0 amide bonds. The standard InChI is InChI=1S/2C20H27N3O3.2C19H25N3O3/c1-6-23(16-10-21-19(20(24)25)22-11-16)15-7-8-17(14(4)5)18(9-15)26-12-13(2)3;1-6-23(19-10-9-17(20(24)25)21-22-19)15-7-8-16(14(4)5)18(11-15)26-12-13(2)3;1-6-22(15-10-20-18(19(23)24)21-11-15)14-7-8-16(12(2)3)17(9-14)25-13(4)5;1-6-22(18-10-9-16(19(23)24)20-21-18)14-7-8-15(12(2)3)17(11-14)25-13(4)5/h2*7-11,13-14H,6,12H2,1-5H3,(H,24,25);2*7-13H,6H2,1-5H3,(H,23,24). The van der Waals surface area contributed by atoms with Crippen LogP contribution in [0.5, 0.6) is 23.0 Å². The molecular weight excluding hydrogens is 1300 g/mol. The number of anilines is 8. The minimum Gasteiger partial charge on any atom is -0.493 e. The molecule has 4 aromatic heterocycles. The Kier molecular flexibility index (Phi) is 31.8. The average Bonchev–Trinajstić information content (AvgIpc) is 0.829. The van der Waals surface area contributed by atoms with Crippen LogP contribution in [-0.4, -0.2) is 136 Å². The Morgan fingerprint density at radius 2 is 0.618 bits per heavy atom. The molecule has 4 heterocycles. The number of hydrogen-bond acceptors (Lipinski definition) is 20. The van der Waals surface area contributed by atoms with Crippen molar-refractivity contribution in [3.8, 4) is 23.0 Å². The van der Waals surface area contributed by atoms with Crippen molar-refractivity contribution in [3.63, 3.8) is 0 Å². The minimum absolute atomic E-state index is 0.0686. The Bertz CT molecular complexity index is 3710. The van der Waals surface area contributed by atoms with Gasteiger partial charge < -0.3 is 59.0 Å². The van der Waals surface area contributed by atoms with Crippen LogP contribution in [-0.2, 0) is 0 Å². The summed E-state index contributed by atoms with van der Waals surface area (Å²) in [6.45, 7) is 45.7. The van der Waals surface area contributed by atoms with E-state index in [9.17, 15) is 19.2 Å². The Morgan fingerprint density at radius 3 is 0.843 bits per heavy atom. The van der Waals surface area contributed by atoms with E-state index in [1.54, 1.807) is 12.1 Å². The molecule has 0 aliphatic rings. The van der Waals surface area contributed by atoms with Gasteiger partial charge in [0.25, 0.3) is 0 Å². The van der Waals surface area contributed by atoms with Crippen molar-refractivity contribution in [1.82, 2.24) is 40.3 Å². The van der Waals surface area contributed by atoms with E-state index in [-0.39, 0.29) is 35.2 Å². The monoisotopic (exact) mass is 1400 g/mol. The number of aromatic nitrogens is 8. The van der Waals surface area contributed by atoms with E-state index >= 15 is 0 Å². The second-order valence-electron chi connectivity index (χ2n) is 26.5. The van der Waals surface area contributed by atoms with Gasteiger partial charge in [-0.2, -0.15) is 0 Å². The molecule has 0 bridgehead atoms. The molecule has 0 atom stereocenters. The van der Waals surface area contributed by atoms with Crippen LogP contribution in [0.3, 0.4) is 0 Å². The van der Waals surface area contributed by atoms with Crippen molar-refractivity contribution in [3.05, 3.63) is 167 Å². The number of ether oxygens (including phenoxy) is 4. The van der Waals surface area contributed by atoms with Gasteiger partial charge in [-0.05, 0) is 162 Å². The van der Waals surface area contributed by atoms with Crippen LogP contribution in [0.1, 0.15) is 227 Å². The number of carbonyl (C=O) groups is 4. The molecule has 0 spiro atoms. The van der Waals surface area contributed by atoms with Gasteiger partial charge in [-0.3, -0.25) is 0 Å². The number of carboxylic acid groups (broad SMARTS) is 4. The van der Waals surface area contributed by atoms with Crippen molar-refractivity contribution >= 4 is 69.6 Å². The summed E-state index contributed by atoms with van der Waals surface area (Å²) in [6, 6.07) is 30.8.